The number of halogens is 1. The fourth-order valence-electron chi connectivity index (χ4n) is 1.42. The van der Waals surface area contributed by atoms with E-state index >= 15 is 0 Å². The molecular formula is C12H16FNO2S. The van der Waals surface area contributed by atoms with Crippen LogP contribution in [0.25, 0.3) is 0 Å². The van der Waals surface area contributed by atoms with Crippen LogP contribution in [0.2, 0.25) is 0 Å². The van der Waals surface area contributed by atoms with Crippen molar-refractivity contribution in [1.82, 2.24) is 4.90 Å². The van der Waals surface area contributed by atoms with Crippen LogP contribution in [0.15, 0.2) is 18.2 Å². The molecule has 1 rings (SSSR count). The molecule has 17 heavy (non-hydrogen) atoms. The Kier molecular flexibility index (Phi) is 4.81. The number of hydrogen-bond acceptors (Lipinski definition) is 3. The number of phenols is 1. The van der Waals surface area contributed by atoms with Gasteiger partial charge >= 0.3 is 0 Å². The number of hydrogen-bond donors (Lipinski definition) is 1. The second kappa shape index (κ2) is 5.91. The lowest BCUT2D eigenvalue weighted by molar-refractivity contribution is 0.0754. The van der Waals surface area contributed by atoms with E-state index in [4.69, 9.17) is 0 Å². The molecule has 1 amide bonds. The fourth-order valence-corrected chi connectivity index (χ4v) is 2.13. The number of carbonyl (C=O) groups is 1. The molecule has 1 aromatic rings. The zero-order chi connectivity index (χ0) is 13.0. The van der Waals surface area contributed by atoms with Crippen molar-refractivity contribution < 1.29 is 14.3 Å². The summed E-state index contributed by atoms with van der Waals surface area (Å²) < 4.78 is 13.0. The summed E-state index contributed by atoms with van der Waals surface area (Å²) in [6.07, 6.45) is 1.95. The van der Waals surface area contributed by atoms with Gasteiger partial charge in [0, 0.05) is 18.8 Å². The van der Waals surface area contributed by atoms with E-state index in [1.807, 2.05) is 13.2 Å². The normalized spacial score (nSPS) is 12.2. The van der Waals surface area contributed by atoms with Crippen LogP contribution in [0.4, 0.5) is 4.39 Å². The standard InChI is InChI=1S/C12H16FNO2S/c1-8(7-17-3)14(2)12(16)10-6-9(13)4-5-11(10)15/h4-6,8,15H,7H2,1-3H3. The van der Waals surface area contributed by atoms with Crippen molar-refractivity contribution in [2.45, 2.75) is 13.0 Å². The lowest BCUT2D eigenvalue weighted by atomic mass is 10.1. The first-order chi connectivity index (χ1) is 7.97. The van der Waals surface area contributed by atoms with Crippen molar-refractivity contribution in [2.24, 2.45) is 0 Å². The van der Waals surface area contributed by atoms with Gasteiger partial charge in [-0.1, -0.05) is 0 Å². The van der Waals surface area contributed by atoms with Crippen LogP contribution in [0.5, 0.6) is 5.75 Å². The Labute approximate surface area is 105 Å². The Hall–Kier alpha value is -1.23. The average molecular weight is 257 g/mol. The Morgan fingerprint density at radius 1 is 1.59 bits per heavy atom. The molecule has 0 radical (unpaired) electrons. The van der Waals surface area contributed by atoms with Crippen LogP contribution in [0, 0.1) is 5.82 Å². The molecule has 94 valence electrons. The zero-order valence-corrected chi connectivity index (χ0v) is 10.9. The lowest BCUT2D eigenvalue weighted by Crippen LogP contribution is -2.36. The van der Waals surface area contributed by atoms with Crippen molar-refractivity contribution in [3.8, 4) is 5.75 Å². The van der Waals surface area contributed by atoms with Crippen molar-refractivity contribution >= 4 is 17.7 Å². The SMILES string of the molecule is CSCC(C)N(C)C(=O)c1cc(F)ccc1O. The molecule has 1 unspecified atom stereocenters. The van der Waals surface area contributed by atoms with Crippen LogP contribution >= 0.6 is 11.8 Å². The largest absolute Gasteiger partial charge is 0.507 e. The summed E-state index contributed by atoms with van der Waals surface area (Å²) in [7, 11) is 1.65. The molecule has 5 heteroatoms. The monoisotopic (exact) mass is 257 g/mol. The summed E-state index contributed by atoms with van der Waals surface area (Å²) in [5.74, 6) is -0.307. The second-order valence-corrected chi connectivity index (χ2v) is 4.79. The summed E-state index contributed by atoms with van der Waals surface area (Å²) in [4.78, 5) is 13.5. The number of amides is 1. The van der Waals surface area contributed by atoms with Gasteiger partial charge in [0.25, 0.3) is 5.91 Å². The molecule has 0 aliphatic rings. The van der Waals surface area contributed by atoms with Gasteiger partial charge in [-0.15, -0.1) is 0 Å². The van der Waals surface area contributed by atoms with Gasteiger partial charge in [-0.2, -0.15) is 11.8 Å². The van der Waals surface area contributed by atoms with Gasteiger partial charge in [0.15, 0.2) is 0 Å². The fraction of sp³-hybridized carbons (Fsp3) is 0.417. The van der Waals surface area contributed by atoms with Crippen LogP contribution < -0.4 is 0 Å². The maximum Gasteiger partial charge on any atom is 0.257 e. The first-order valence-electron chi connectivity index (χ1n) is 5.22. The molecule has 0 saturated carbocycles. The number of nitrogens with zero attached hydrogens (tertiary/aromatic N) is 1. The number of carbonyl (C=O) groups excluding carboxylic acids is 1. The molecule has 0 saturated heterocycles. The predicted molar refractivity (Wildman–Crippen MR) is 68.0 cm³/mol. The Morgan fingerprint density at radius 2 is 2.24 bits per heavy atom. The summed E-state index contributed by atoms with van der Waals surface area (Å²) in [6, 6.07) is 3.40. The maximum absolute atomic E-state index is 13.0. The van der Waals surface area contributed by atoms with Gasteiger partial charge in [0.05, 0.1) is 5.56 Å². The minimum Gasteiger partial charge on any atom is -0.507 e. The van der Waals surface area contributed by atoms with Crippen LogP contribution in [-0.4, -0.2) is 41.0 Å². The Morgan fingerprint density at radius 3 is 2.82 bits per heavy atom. The van der Waals surface area contributed by atoms with Gasteiger partial charge in [-0.25, -0.2) is 4.39 Å². The zero-order valence-electron chi connectivity index (χ0n) is 10.1. The van der Waals surface area contributed by atoms with E-state index in [1.54, 1.807) is 18.8 Å². The molecule has 1 aromatic carbocycles. The highest BCUT2D eigenvalue weighted by Gasteiger charge is 2.20. The molecule has 0 aromatic heterocycles. The summed E-state index contributed by atoms with van der Waals surface area (Å²) in [6.45, 7) is 1.91. The van der Waals surface area contributed by atoms with Crippen molar-refractivity contribution in [2.75, 3.05) is 19.1 Å². The highest BCUT2D eigenvalue weighted by atomic mass is 32.2. The number of aromatic hydroxyl groups is 1. The highest BCUT2D eigenvalue weighted by molar-refractivity contribution is 7.98. The summed E-state index contributed by atoms with van der Waals surface area (Å²) >= 11 is 1.63. The van der Waals surface area contributed by atoms with E-state index in [0.717, 1.165) is 17.9 Å². The van der Waals surface area contributed by atoms with Gasteiger partial charge in [-0.05, 0) is 31.4 Å². The third kappa shape index (κ3) is 3.36. The van der Waals surface area contributed by atoms with Gasteiger partial charge in [0.2, 0.25) is 0 Å². The third-order valence-electron chi connectivity index (χ3n) is 2.58. The average Bonchev–Trinajstić information content (AvgIpc) is 2.30. The maximum atomic E-state index is 13.0. The molecule has 0 spiro atoms. The Bertz CT molecular complexity index is 411. The molecule has 1 atom stereocenters. The van der Waals surface area contributed by atoms with Gasteiger partial charge in [0.1, 0.15) is 11.6 Å². The number of rotatable bonds is 4. The number of thioether (sulfide) groups is 1. The van der Waals surface area contributed by atoms with E-state index in [1.165, 1.54) is 11.0 Å². The molecule has 3 nitrogen and oxygen atoms in total. The Balaban J connectivity index is 2.92. The van der Waals surface area contributed by atoms with Crippen LogP contribution in [-0.2, 0) is 0 Å². The van der Waals surface area contributed by atoms with Crippen LogP contribution in [0.3, 0.4) is 0 Å². The van der Waals surface area contributed by atoms with E-state index < -0.39 is 5.82 Å². The molecule has 0 bridgehead atoms. The van der Waals surface area contributed by atoms with E-state index in [0.29, 0.717) is 0 Å². The van der Waals surface area contributed by atoms with Crippen molar-refractivity contribution in [3.63, 3.8) is 0 Å². The molecule has 0 aliphatic carbocycles. The molecule has 0 heterocycles. The molecule has 0 fully saturated rings. The first-order valence-corrected chi connectivity index (χ1v) is 6.61. The van der Waals surface area contributed by atoms with E-state index in [-0.39, 0.29) is 23.3 Å². The van der Waals surface area contributed by atoms with Crippen molar-refractivity contribution in [3.05, 3.63) is 29.6 Å². The van der Waals surface area contributed by atoms with E-state index in [2.05, 4.69) is 0 Å². The predicted octanol–water partition coefficient (Wildman–Crippen LogP) is 2.35. The van der Waals surface area contributed by atoms with Gasteiger partial charge < -0.3 is 10.0 Å². The minimum atomic E-state index is -0.530. The lowest BCUT2D eigenvalue weighted by Gasteiger charge is -2.24. The third-order valence-corrected chi connectivity index (χ3v) is 3.39. The molecular weight excluding hydrogens is 241 g/mol. The van der Waals surface area contributed by atoms with Gasteiger partial charge in [-0.3, -0.25) is 4.79 Å². The smallest absolute Gasteiger partial charge is 0.257 e. The summed E-state index contributed by atoms with van der Waals surface area (Å²) in [5, 5.41) is 9.55. The molecule has 0 aliphatic heterocycles. The first kappa shape index (κ1) is 13.8. The van der Waals surface area contributed by atoms with Crippen molar-refractivity contribution in [1.29, 1.82) is 0 Å². The van der Waals surface area contributed by atoms with Crippen LogP contribution in [0.1, 0.15) is 17.3 Å². The quantitative estimate of drug-likeness (QED) is 0.900. The molecule has 1 N–H and O–H groups in total. The summed E-state index contributed by atoms with van der Waals surface area (Å²) in [5.41, 5.74) is 0.000420. The second-order valence-electron chi connectivity index (χ2n) is 3.88. The number of benzene rings is 1. The number of phenolic OH excluding ortho intramolecular Hbond substituents is 1. The minimum absolute atomic E-state index is 0.000420. The highest BCUT2D eigenvalue weighted by Crippen LogP contribution is 2.20. The van der Waals surface area contributed by atoms with E-state index in [9.17, 15) is 14.3 Å². The topological polar surface area (TPSA) is 40.5 Å².